The van der Waals surface area contributed by atoms with Gasteiger partial charge in [0.15, 0.2) is 0 Å². The Morgan fingerprint density at radius 2 is 2.00 bits per heavy atom. The van der Waals surface area contributed by atoms with Crippen LogP contribution in [0.4, 0.5) is 0 Å². The van der Waals surface area contributed by atoms with Crippen molar-refractivity contribution in [2.45, 2.75) is 66.2 Å². The molecule has 0 bridgehead atoms. The molecule has 3 nitrogen and oxygen atoms in total. The van der Waals surface area contributed by atoms with Crippen LogP contribution in [0.15, 0.2) is 11.6 Å². The molecule has 0 aromatic rings. The van der Waals surface area contributed by atoms with Crippen molar-refractivity contribution in [2.24, 2.45) is 22.7 Å². The van der Waals surface area contributed by atoms with Gasteiger partial charge in [-0.3, -0.25) is 4.79 Å². The van der Waals surface area contributed by atoms with Crippen molar-refractivity contribution in [3.8, 4) is 0 Å². The van der Waals surface area contributed by atoms with E-state index in [0.29, 0.717) is 18.8 Å². The Morgan fingerprint density at radius 1 is 1.33 bits per heavy atom. The highest BCUT2D eigenvalue weighted by molar-refractivity contribution is 5.76. The van der Waals surface area contributed by atoms with Gasteiger partial charge in [-0.1, -0.05) is 25.5 Å². The maximum Gasteiger partial charge on any atom is 0.307 e. The Balaban J connectivity index is 2.39. The second kappa shape index (κ2) is 5.58. The zero-order valence-electron chi connectivity index (χ0n) is 13.7. The minimum absolute atomic E-state index is 0.107. The zero-order chi connectivity index (χ0) is 15.8. The number of rotatable bonds is 4. The van der Waals surface area contributed by atoms with Crippen molar-refractivity contribution in [1.82, 2.24) is 0 Å². The van der Waals surface area contributed by atoms with Crippen LogP contribution in [0.25, 0.3) is 0 Å². The number of hydrogen-bond acceptors (Lipinski definition) is 2. The molecule has 3 heteroatoms. The van der Waals surface area contributed by atoms with E-state index >= 15 is 0 Å². The second-order valence-corrected chi connectivity index (χ2v) is 7.57. The molecule has 0 aromatic carbocycles. The van der Waals surface area contributed by atoms with E-state index in [0.717, 1.165) is 25.7 Å². The van der Waals surface area contributed by atoms with E-state index in [1.807, 2.05) is 0 Å². The SMILES string of the molecule is CC(=O)CC[C@]1(C)[C@H]2CCC=C(C)[C@]2(C)CC[C@H]1C(=O)O. The molecule has 0 heterocycles. The molecular weight excluding hydrogens is 264 g/mol. The number of carbonyl (C=O) groups is 2. The van der Waals surface area contributed by atoms with Crippen molar-refractivity contribution in [1.29, 1.82) is 0 Å². The van der Waals surface area contributed by atoms with Crippen LogP contribution in [0, 0.1) is 22.7 Å². The fourth-order valence-electron chi connectivity index (χ4n) is 4.94. The number of hydrogen-bond donors (Lipinski definition) is 1. The molecule has 0 radical (unpaired) electrons. The molecule has 0 saturated heterocycles. The van der Waals surface area contributed by atoms with Gasteiger partial charge in [0.1, 0.15) is 5.78 Å². The summed E-state index contributed by atoms with van der Waals surface area (Å²) in [7, 11) is 0. The van der Waals surface area contributed by atoms with Crippen molar-refractivity contribution < 1.29 is 14.7 Å². The molecule has 4 atom stereocenters. The molecule has 21 heavy (non-hydrogen) atoms. The number of carboxylic acid groups (broad SMARTS) is 1. The Morgan fingerprint density at radius 3 is 2.57 bits per heavy atom. The molecular formula is C18H28O3. The number of ketones is 1. The average Bonchev–Trinajstić information content (AvgIpc) is 2.39. The van der Waals surface area contributed by atoms with Gasteiger partial charge in [-0.2, -0.15) is 0 Å². The Bertz CT molecular complexity index is 479. The minimum atomic E-state index is -0.685. The van der Waals surface area contributed by atoms with E-state index in [2.05, 4.69) is 26.8 Å². The van der Waals surface area contributed by atoms with Gasteiger partial charge in [0.2, 0.25) is 0 Å². The summed E-state index contributed by atoms with van der Waals surface area (Å²) in [6.45, 7) is 8.22. The molecule has 0 unspecified atom stereocenters. The first-order valence-corrected chi connectivity index (χ1v) is 8.11. The van der Waals surface area contributed by atoms with E-state index in [1.165, 1.54) is 5.57 Å². The molecule has 2 aliphatic rings. The van der Waals surface area contributed by atoms with Gasteiger partial charge in [0, 0.05) is 6.42 Å². The van der Waals surface area contributed by atoms with Crippen LogP contribution in [0.1, 0.15) is 66.2 Å². The Kier molecular flexibility index (Phi) is 4.32. The number of carboxylic acids is 1. The van der Waals surface area contributed by atoms with Crippen LogP contribution >= 0.6 is 0 Å². The lowest BCUT2D eigenvalue weighted by Crippen LogP contribution is -2.52. The van der Waals surface area contributed by atoms with E-state index < -0.39 is 5.97 Å². The zero-order valence-corrected chi connectivity index (χ0v) is 13.7. The number of allylic oxidation sites excluding steroid dienone is 2. The summed E-state index contributed by atoms with van der Waals surface area (Å²) in [5, 5.41) is 9.68. The van der Waals surface area contributed by atoms with Gasteiger partial charge in [-0.25, -0.2) is 0 Å². The van der Waals surface area contributed by atoms with Crippen molar-refractivity contribution >= 4 is 11.8 Å². The molecule has 2 aliphatic carbocycles. The first kappa shape index (κ1) is 16.3. The Labute approximate surface area is 127 Å². The molecule has 1 saturated carbocycles. The number of fused-ring (bicyclic) bond motifs is 1. The fraction of sp³-hybridized carbons (Fsp3) is 0.778. The van der Waals surface area contributed by atoms with Crippen LogP contribution in [-0.4, -0.2) is 16.9 Å². The molecule has 0 aromatic heterocycles. The lowest BCUT2D eigenvalue weighted by atomic mass is 9.46. The van der Waals surface area contributed by atoms with E-state index in [9.17, 15) is 14.7 Å². The Hall–Kier alpha value is -1.12. The molecule has 0 amide bonds. The molecule has 1 fully saturated rings. The van der Waals surface area contributed by atoms with Gasteiger partial charge in [0.05, 0.1) is 5.92 Å². The van der Waals surface area contributed by atoms with Crippen molar-refractivity contribution in [3.63, 3.8) is 0 Å². The van der Waals surface area contributed by atoms with E-state index in [4.69, 9.17) is 0 Å². The number of Topliss-reactive ketones (excluding diaryl/α,β-unsaturated/α-hetero) is 1. The van der Waals surface area contributed by atoms with Crippen molar-refractivity contribution in [3.05, 3.63) is 11.6 Å². The fourth-order valence-corrected chi connectivity index (χ4v) is 4.94. The third kappa shape index (κ3) is 2.67. The standard InChI is InChI=1S/C18H28O3/c1-12-6-5-7-15-17(12,3)11-9-14(16(20)21)18(15,4)10-8-13(2)19/h6,14-15H,5,7-11H2,1-4H3,(H,20,21)/t14-,15-,17-,18-/m0/s1. The summed E-state index contributed by atoms with van der Waals surface area (Å²) < 4.78 is 0. The average molecular weight is 292 g/mol. The summed E-state index contributed by atoms with van der Waals surface area (Å²) in [6, 6.07) is 0. The van der Waals surface area contributed by atoms with Crippen LogP contribution in [0.5, 0.6) is 0 Å². The predicted molar refractivity (Wildman–Crippen MR) is 83.0 cm³/mol. The van der Waals surface area contributed by atoms with Crippen LogP contribution in [-0.2, 0) is 9.59 Å². The molecule has 2 rings (SSSR count). The monoisotopic (exact) mass is 292 g/mol. The molecule has 118 valence electrons. The maximum absolute atomic E-state index is 11.8. The first-order valence-electron chi connectivity index (χ1n) is 8.11. The van der Waals surface area contributed by atoms with E-state index in [1.54, 1.807) is 6.92 Å². The number of aliphatic carboxylic acids is 1. The van der Waals surface area contributed by atoms with Crippen LogP contribution < -0.4 is 0 Å². The minimum Gasteiger partial charge on any atom is -0.481 e. The predicted octanol–water partition coefficient (Wildman–Crippen LogP) is 4.22. The third-order valence-corrected chi connectivity index (χ3v) is 6.43. The van der Waals surface area contributed by atoms with Gasteiger partial charge in [-0.15, -0.1) is 0 Å². The van der Waals surface area contributed by atoms with Crippen LogP contribution in [0.3, 0.4) is 0 Å². The summed E-state index contributed by atoms with van der Waals surface area (Å²) in [5.74, 6) is -0.476. The van der Waals surface area contributed by atoms with Crippen molar-refractivity contribution in [2.75, 3.05) is 0 Å². The first-order chi connectivity index (χ1) is 9.71. The summed E-state index contributed by atoms with van der Waals surface area (Å²) >= 11 is 0. The smallest absolute Gasteiger partial charge is 0.307 e. The molecule has 0 spiro atoms. The quantitative estimate of drug-likeness (QED) is 0.789. The summed E-state index contributed by atoms with van der Waals surface area (Å²) in [5.41, 5.74) is 1.24. The summed E-state index contributed by atoms with van der Waals surface area (Å²) in [6.07, 6.45) is 7.28. The maximum atomic E-state index is 11.8. The van der Waals surface area contributed by atoms with Gasteiger partial charge < -0.3 is 9.90 Å². The third-order valence-electron chi connectivity index (χ3n) is 6.43. The highest BCUT2D eigenvalue weighted by atomic mass is 16.4. The summed E-state index contributed by atoms with van der Waals surface area (Å²) in [4.78, 5) is 23.2. The van der Waals surface area contributed by atoms with E-state index in [-0.39, 0.29) is 22.5 Å². The van der Waals surface area contributed by atoms with Crippen LogP contribution in [0.2, 0.25) is 0 Å². The molecule has 0 aliphatic heterocycles. The lowest BCUT2D eigenvalue weighted by Gasteiger charge is -2.57. The number of carbonyl (C=O) groups excluding carboxylic acids is 1. The van der Waals surface area contributed by atoms with Gasteiger partial charge >= 0.3 is 5.97 Å². The topological polar surface area (TPSA) is 54.4 Å². The molecule has 1 N–H and O–H groups in total. The lowest BCUT2D eigenvalue weighted by molar-refractivity contribution is -0.157. The highest BCUT2D eigenvalue weighted by Crippen LogP contribution is 2.61. The largest absolute Gasteiger partial charge is 0.481 e. The van der Waals surface area contributed by atoms with Gasteiger partial charge in [0.25, 0.3) is 0 Å². The van der Waals surface area contributed by atoms with Gasteiger partial charge in [-0.05, 0) is 62.7 Å². The second-order valence-electron chi connectivity index (χ2n) is 7.57. The highest BCUT2D eigenvalue weighted by Gasteiger charge is 2.56. The normalized spacial score (nSPS) is 39.3.